The normalized spacial score (nSPS) is 13.9. The van der Waals surface area contributed by atoms with Crippen molar-refractivity contribution in [2.45, 2.75) is 45.0 Å². The van der Waals surface area contributed by atoms with E-state index in [1.165, 1.54) is 12.1 Å². The molecule has 9 heteroatoms. The third-order valence-electron chi connectivity index (χ3n) is 5.97. The summed E-state index contributed by atoms with van der Waals surface area (Å²) in [5.74, 6) is 0.0653. The van der Waals surface area contributed by atoms with Crippen molar-refractivity contribution in [2.75, 3.05) is 13.7 Å². The van der Waals surface area contributed by atoms with Crippen molar-refractivity contribution >= 4 is 5.97 Å². The van der Waals surface area contributed by atoms with Crippen molar-refractivity contribution in [3.8, 4) is 17.0 Å². The Morgan fingerprint density at radius 3 is 2.09 bits per heavy atom. The molecule has 2 aromatic carbocycles. The highest BCUT2D eigenvalue weighted by molar-refractivity contribution is 5.79. The molecule has 188 valence electrons. The van der Waals surface area contributed by atoms with Crippen molar-refractivity contribution in [2.24, 2.45) is 7.05 Å². The minimum atomic E-state index is -4.39. The van der Waals surface area contributed by atoms with Crippen LogP contribution >= 0.6 is 0 Å². The third kappa shape index (κ3) is 5.51. The summed E-state index contributed by atoms with van der Waals surface area (Å²) in [6, 6.07) is 14.1. The quantitative estimate of drug-likeness (QED) is 0.435. The van der Waals surface area contributed by atoms with Crippen LogP contribution in [0.2, 0.25) is 0 Å². The fourth-order valence-corrected chi connectivity index (χ4v) is 3.82. The highest BCUT2D eigenvalue weighted by atomic mass is 19.4. The summed E-state index contributed by atoms with van der Waals surface area (Å²) < 4.78 is 51.4. The number of hydrogen-bond acceptors (Lipinski definition) is 5. The summed E-state index contributed by atoms with van der Waals surface area (Å²) in [5, 5.41) is 7.86. The summed E-state index contributed by atoms with van der Waals surface area (Å²) >= 11 is 0. The lowest BCUT2D eigenvalue weighted by molar-refractivity contribution is -0.158. The first-order chi connectivity index (χ1) is 16.3. The average molecular weight is 490 g/mol. The van der Waals surface area contributed by atoms with Gasteiger partial charge in [0.1, 0.15) is 5.75 Å². The van der Waals surface area contributed by atoms with Gasteiger partial charge in [0.05, 0.1) is 29.1 Å². The van der Waals surface area contributed by atoms with Gasteiger partial charge in [-0.1, -0.05) is 24.3 Å². The SMILES string of the molecule is CCOC(=O)C(C)(C)Oc1ccc(C(C)(NC)c2cc(-c3ccc(C(F)(F)F)cc3)nn2C)cc1. The number of benzene rings is 2. The molecule has 3 aromatic rings. The molecule has 1 N–H and O–H groups in total. The Bertz CT molecular complexity index is 1170. The number of esters is 1. The number of alkyl halides is 3. The molecule has 6 nitrogen and oxygen atoms in total. The molecule has 0 amide bonds. The Balaban J connectivity index is 1.88. The van der Waals surface area contributed by atoms with E-state index in [-0.39, 0.29) is 6.61 Å². The van der Waals surface area contributed by atoms with Gasteiger partial charge >= 0.3 is 12.1 Å². The Labute approximate surface area is 203 Å². The van der Waals surface area contributed by atoms with Crippen LogP contribution in [-0.4, -0.2) is 35.0 Å². The van der Waals surface area contributed by atoms with Crippen molar-refractivity contribution in [3.63, 3.8) is 0 Å². The van der Waals surface area contributed by atoms with E-state index < -0.39 is 28.8 Å². The van der Waals surface area contributed by atoms with Crippen LogP contribution in [0.25, 0.3) is 11.3 Å². The summed E-state index contributed by atoms with van der Waals surface area (Å²) in [6.45, 7) is 7.29. The van der Waals surface area contributed by atoms with Gasteiger partial charge in [-0.3, -0.25) is 4.68 Å². The molecule has 0 bridgehead atoms. The van der Waals surface area contributed by atoms with E-state index in [0.717, 1.165) is 23.4 Å². The molecule has 0 saturated carbocycles. The first-order valence-corrected chi connectivity index (χ1v) is 11.2. The second-order valence-corrected chi connectivity index (χ2v) is 8.85. The summed E-state index contributed by atoms with van der Waals surface area (Å²) in [7, 11) is 3.61. The molecule has 1 unspecified atom stereocenters. The van der Waals surface area contributed by atoms with E-state index in [0.29, 0.717) is 17.0 Å². The molecule has 0 aliphatic heterocycles. The Hall–Kier alpha value is -3.33. The van der Waals surface area contributed by atoms with E-state index in [2.05, 4.69) is 10.4 Å². The number of rotatable bonds is 8. The van der Waals surface area contributed by atoms with Crippen molar-refractivity contribution in [1.82, 2.24) is 15.1 Å². The number of aromatic nitrogens is 2. The van der Waals surface area contributed by atoms with Gasteiger partial charge in [-0.25, -0.2) is 4.79 Å². The van der Waals surface area contributed by atoms with Gasteiger partial charge < -0.3 is 14.8 Å². The highest BCUT2D eigenvalue weighted by Gasteiger charge is 2.34. The Morgan fingerprint density at radius 2 is 1.57 bits per heavy atom. The first kappa shape index (κ1) is 26.3. The topological polar surface area (TPSA) is 65.4 Å². The van der Waals surface area contributed by atoms with Crippen LogP contribution in [-0.2, 0) is 28.3 Å². The maximum absolute atomic E-state index is 12.9. The number of hydrogen-bond donors (Lipinski definition) is 1. The summed E-state index contributed by atoms with van der Waals surface area (Å²) in [6.07, 6.45) is -4.39. The van der Waals surface area contributed by atoms with Gasteiger partial charge in [0.25, 0.3) is 0 Å². The van der Waals surface area contributed by atoms with Crippen molar-refractivity contribution in [3.05, 3.63) is 71.4 Å². The summed E-state index contributed by atoms with van der Waals surface area (Å²) in [5.41, 5.74) is 0.366. The van der Waals surface area contributed by atoms with Crippen LogP contribution in [0.4, 0.5) is 13.2 Å². The van der Waals surface area contributed by atoms with E-state index in [1.54, 1.807) is 44.6 Å². The number of carbonyl (C=O) groups is 1. The average Bonchev–Trinajstić information content (AvgIpc) is 3.20. The zero-order chi connectivity index (χ0) is 26.0. The number of ether oxygens (including phenoxy) is 2. The molecule has 0 saturated heterocycles. The molecule has 35 heavy (non-hydrogen) atoms. The van der Waals surface area contributed by atoms with Crippen molar-refractivity contribution < 1.29 is 27.4 Å². The van der Waals surface area contributed by atoms with Crippen molar-refractivity contribution in [1.29, 1.82) is 0 Å². The second-order valence-electron chi connectivity index (χ2n) is 8.85. The number of nitrogens with zero attached hydrogens (tertiary/aromatic N) is 2. The molecule has 1 heterocycles. The number of nitrogens with one attached hydrogen (secondary N) is 1. The van der Waals surface area contributed by atoms with Gasteiger partial charge in [0.15, 0.2) is 5.60 Å². The molecule has 0 fully saturated rings. The Morgan fingerprint density at radius 1 is 1.00 bits per heavy atom. The molecule has 0 aliphatic carbocycles. The largest absolute Gasteiger partial charge is 0.476 e. The minimum Gasteiger partial charge on any atom is -0.476 e. The van der Waals surface area contributed by atoms with Gasteiger partial charge in [-0.2, -0.15) is 18.3 Å². The molecule has 1 atom stereocenters. The minimum absolute atomic E-state index is 0.268. The zero-order valence-corrected chi connectivity index (χ0v) is 20.7. The Kier molecular flexibility index (Phi) is 7.31. The maximum Gasteiger partial charge on any atom is 0.416 e. The fraction of sp³-hybridized carbons (Fsp3) is 0.385. The standard InChI is InChI=1S/C26H30F3N3O3/c1-7-34-23(33)24(2,3)35-20-14-12-18(13-15-20)25(4,30-5)22-16-21(31-32(22)6)17-8-10-19(11-9-17)26(27,28)29/h8-16,30H,7H2,1-6H3. The van der Waals surface area contributed by atoms with Crippen LogP contribution < -0.4 is 10.1 Å². The number of carbonyl (C=O) groups excluding carboxylic acids is 1. The van der Waals surface area contributed by atoms with Gasteiger partial charge in [0, 0.05) is 12.6 Å². The van der Waals surface area contributed by atoms with E-state index in [1.807, 2.05) is 32.2 Å². The molecule has 3 rings (SSSR count). The molecular formula is C26H30F3N3O3. The third-order valence-corrected chi connectivity index (χ3v) is 5.97. The predicted molar refractivity (Wildman–Crippen MR) is 127 cm³/mol. The molecular weight excluding hydrogens is 459 g/mol. The van der Waals surface area contributed by atoms with Crippen LogP contribution in [0.3, 0.4) is 0 Å². The zero-order valence-electron chi connectivity index (χ0n) is 20.7. The molecule has 1 aromatic heterocycles. The van der Waals surface area contributed by atoms with E-state index >= 15 is 0 Å². The van der Waals surface area contributed by atoms with Crippen LogP contribution in [0.15, 0.2) is 54.6 Å². The van der Waals surface area contributed by atoms with Gasteiger partial charge in [0.2, 0.25) is 0 Å². The number of aryl methyl sites for hydroxylation is 1. The van der Waals surface area contributed by atoms with E-state index in [4.69, 9.17) is 9.47 Å². The lowest BCUT2D eigenvalue weighted by Gasteiger charge is -2.30. The lowest BCUT2D eigenvalue weighted by Crippen LogP contribution is -2.40. The van der Waals surface area contributed by atoms with Gasteiger partial charge in [-0.15, -0.1) is 0 Å². The first-order valence-electron chi connectivity index (χ1n) is 11.2. The predicted octanol–water partition coefficient (Wildman–Crippen LogP) is 5.31. The monoisotopic (exact) mass is 489 g/mol. The van der Waals surface area contributed by atoms with Gasteiger partial charge in [-0.05, 0) is 70.6 Å². The lowest BCUT2D eigenvalue weighted by atomic mass is 9.88. The second kappa shape index (κ2) is 9.73. The smallest absolute Gasteiger partial charge is 0.416 e. The molecule has 0 radical (unpaired) electrons. The number of halogens is 3. The molecule has 0 spiro atoms. The van der Waals surface area contributed by atoms with Crippen LogP contribution in [0.5, 0.6) is 5.75 Å². The molecule has 0 aliphatic rings. The van der Waals surface area contributed by atoms with Crippen LogP contribution in [0, 0.1) is 0 Å². The fourth-order valence-electron chi connectivity index (χ4n) is 3.82. The highest BCUT2D eigenvalue weighted by Crippen LogP contribution is 2.34. The summed E-state index contributed by atoms with van der Waals surface area (Å²) in [4.78, 5) is 12.1. The van der Waals surface area contributed by atoms with Crippen LogP contribution in [0.1, 0.15) is 44.5 Å². The maximum atomic E-state index is 12.9. The van der Waals surface area contributed by atoms with E-state index in [9.17, 15) is 18.0 Å².